The number of hydrogen-bond donors (Lipinski definition) is 3. The van der Waals surface area contributed by atoms with Crippen LogP contribution in [0.15, 0.2) is 24.3 Å². The summed E-state index contributed by atoms with van der Waals surface area (Å²) in [5, 5.41) is 8.27. The molecule has 1 aromatic carbocycles. The van der Waals surface area contributed by atoms with Gasteiger partial charge in [0, 0.05) is 24.8 Å². The molecule has 1 heterocycles. The van der Waals surface area contributed by atoms with Crippen molar-refractivity contribution in [2.24, 2.45) is 0 Å². The van der Waals surface area contributed by atoms with Crippen LogP contribution < -0.4 is 16.0 Å². The molecule has 3 amide bonds. The summed E-state index contributed by atoms with van der Waals surface area (Å²) in [6, 6.07) is 5.08. The van der Waals surface area contributed by atoms with Crippen molar-refractivity contribution in [2.75, 3.05) is 25.0 Å². The second-order valence-corrected chi connectivity index (χ2v) is 6.01. The van der Waals surface area contributed by atoms with Crippen molar-refractivity contribution < 1.29 is 14.0 Å². The quantitative estimate of drug-likeness (QED) is 0.708. The molecule has 2 rings (SSSR count). The normalized spacial score (nSPS) is 16.5. The van der Waals surface area contributed by atoms with Crippen molar-refractivity contribution >= 4 is 17.6 Å². The predicted octanol–water partition coefficient (Wildman–Crippen LogP) is 1.55. The van der Waals surface area contributed by atoms with Crippen molar-refractivity contribution in [1.29, 1.82) is 0 Å². The summed E-state index contributed by atoms with van der Waals surface area (Å²) < 4.78 is 12.9. The van der Waals surface area contributed by atoms with Crippen molar-refractivity contribution in [1.82, 2.24) is 15.5 Å². The molecule has 0 spiro atoms. The number of rotatable bonds is 5. The lowest BCUT2D eigenvalue weighted by Gasteiger charge is -2.35. The van der Waals surface area contributed by atoms with Crippen molar-refractivity contribution in [2.45, 2.75) is 31.8 Å². The molecule has 0 bridgehead atoms. The lowest BCUT2D eigenvalue weighted by molar-refractivity contribution is -0.126. The summed E-state index contributed by atoms with van der Waals surface area (Å²) in [7, 11) is 0. The number of nitrogens with one attached hydrogen (secondary N) is 3. The molecule has 134 valence electrons. The Bertz CT molecular complexity index is 633. The SMILES string of the molecule is C#CCNC(=O)C(C)N1CCC(NC(=O)Nc2ccc(F)cc2)CC1. The predicted molar refractivity (Wildman–Crippen MR) is 94.5 cm³/mol. The number of hydrogen-bond acceptors (Lipinski definition) is 3. The third-order valence-corrected chi connectivity index (χ3v) is 4.26. The number of terminal acetylenes is 1. The fourth-order valence-electron chi connectivity index (χ4n) is 2.77. The number of carbonyl (C=O) groups is 2. The van der Waals surface area contributed by atoms with E-state index in [-0.39, 0.29) is 36.4 Å². The van der Waals surface area contributed by atoms with Crippen LogP contribution in [-0.2, 0) is 4.79 Å². The van der Waals surface area contributed by atoms with E-state index in [9.17, 15) is 14.0 Å². The molecule has 0 radical (unpaired) electrons. The smallest absolute Gasteiger partial charge is 0.319 e. The van der Waals surface area contributed by atoms with Crippen LogP contribution >= 0.6 is 0 Å². The van der Waals surface area contributed by atoms with E-state index < -0.39 is 0 Å². The molecule has 25 heavy (non-hydrogen) atoms. The Morgan fingerprint density at radius 3 is 2.56 bits per heavy atom. The highest BCUT2D eigenvalue weighted by Crippen LogP contribution is 2.14. The fourth-order valence-corrected chi connectivity index (χ4v) is 2.77. The molecule has 0 saturated carbocycles. The molecular weight excluding hydrogens is 323 g/mol. The Morgan fingerprint density at radius 2 is 1.96 bits per heavy atom. The number of piperidine rings is 1. The van der Waals surface area contributed by atoms with Crippen molar-refractivity contribution in [3.8, 4) is 12.3 Å². The second kappa shape index (κ2) is 9.04. The van der Waals surface area contributed by atoms with Gasteiger partial charge in [-0.15, -0.1) is 6.42 Å². The van der Waals surface area contributed by atoms with Gasteiger partial charge in [0.05, 0.1) is 12.6 Å². The Labute approximate surface area is 147 Å². The van der Waals surface area contributed by atoms with Crippen LogP contribution in [-0.4, -0.2) is 48.6 Å². The first-order chi connectivity index (χ1) is 12.0. The lowest BCUT2D eigenvalue weighted by Crippen LogP contribution is -2.52. The molecule has 7 heteroatoms. The van der Waals surface area contributed by atoms with E-state index in [0.717, 1.165) is 12.8 Å². The van der Waals surface area contributed by atoms with Gasteiger partial charge in [0.1, 0.15) is 5.82 Å². The van der Waals surface area contributed by atoms with Gasteiger partial charge in [-0.3, -0.25) is 9.69 Å². The molecule has 1 aliphatic rings. The van der Waals surface area contributed by atoms with E-state index in [1.54, 1.807) is 0 Å². The number of benzene rings is 1. The molecule has 0 aromatic heterocycles. The van der Waals surface area contributed by atoms with Gasteiger partial charge in [-0.1, -0.05) is 5.92 Å². The Morgan fingerprint density at radius 1 is 1.32 bits per heavy atom. The number of anilines is 1. The largest absolute Gasteiger partial charge is 0.344 e. The average Bonchev–Trinajstić information content (AvgIpc) is 2.61. The molecular formula is C18H23FN4O2. The van der Waals surface area contributed by atoms with Gasteiger partial charge in [-0.25, -0.2) is 9.18 Å². The highest BCUT2D eigenvalue weighted by atomic mass is 19.1. The van der Waals surface area contributed by atoms with Crippen LogP contribution in [0.3, 0.4) is 0 Å². The molecule has 1 atom stereocenters. The maximum atomic E-state index is 12.9. The monoisotopic (exact) mass is 346 g/mol. The molecule has 6 nitrogen and oxygen atoms in total. The minimum absolute atomic E-state index is 0.0395. The summed E-state index contributed by atoms with van der Waals surface area (Å²) in [6.07, 6.45) is 6.65. The minimum Gasteiger partial charge on any atom is -0.344 e. The van der Waals surface area contributed by atoms with Crippen molar-refractivity contribution in [3.05, 3.63) is 30.1 Å². The highest BCUT2D eigenvalue weighted by molar-refractivity contribution is 5.89. The van der Waals surface area contributed by atoms with Gasteiger partial charge in [0.15, 0.2) is 0 Å². The molecule has 1 aromatic rings. The summed E-state index contributed by atoms with van der Waals surface area (Å²) in [5.74, 6) is 1.95. The number of carbonyl (C=O) groups excluding carboxylic acids is 2. The number of likely N-dealkylation sites (tertiary alicyclic amines) is 1. The van der Waals surface area contributed by atoms with Crippen molar-refractivity contribution in [3.63, 3.8) is 0 Å². The van der Waals surface area contributed by atoms with Crippen LogP contribution in [0.4, 0.5) is 14.9 Å². The van der Waals surface area contributed by atoms with Gasteiger partial charge in [0.2, 0.25) is 5.91 Å². The summed E-state index contributed by atoms with van der Waals surface area (Å²) in [5.41, 5.74) is 0.537. The van der Waals surface area contributed by atoms with Gasteiger partial charge in [-0.05, 0) is 44.0 Å². The first-order valence-corrected chi connectivity index (χ1v) is 8.28. The molecule has 3 N–H and O–H groups in total. The van der Waals surface area contributed by atoms with Gasteiger partial charge >= 0.3 is 6.03 Å². The Hall–Kier alpha value is -2.59. The van der Waals surface area contributed by atoms with E-state index in [4.69, 9.17) is 6.42 Å². The van der Waals surface area contributed by atoms with Gasteiger partial charge < -0.3 is 16.0 Å². The Kier molecular flexibility index (Phi) is 6.78. The molecule has 1 fully saturated rings. The van der Waals surface area contributed by atoms with Crippen LogP contribution in [0.2, 0.25) is 0 Å². The standard InChI is InChI=1S/C18H23FN4O2/c1-3-10-20-17(24)13(2)23-11-8-16(9-12-23)22-18(25)21-15-6-4-14(19)5-7-15/h1,4-7,13,16H,8-12H2,2H3,(H,20,24)(H2,21,22,25). The third-order valence-electron chi connectivity index (χ3n) is 4.26. The van der Waals surface area contributed by atoms with E-state index in [1.165, 1.54) is 24.3 Å². The molecule has 1 saturated heterocycles. The zero-order chi connectivity index (χ0) is 18.2. The maximum Gasteiger partial charge on any atom is 0.319 e. The lowest BCUT2D eigenvalue weighted by atomic mass is 10.0. The van der Waals surface area contributed by atoms with E-state index >= 15 is 0 Å². The zero-order valence-corrected chi connectivity index (χ0v) is 14.2. The van der Waals surface area contributed by atoms with Crippen LogP contribution in [0.1, 0.15) is 19.8 Å². The molecule has 1 aliphatic heterocycles. The molecule has 1 unspecified atom stereocenters. The fraction of sp³-hybridized carbons (Fsp3) is 0.444. The zero-order valence-electron chi connectivity index (χ0n) is 14.2. The van der Waals surface area contributed by atoms with Gasteiger partial charge in [0.25, 0.3) is 0 Å². The maximum absolute atomic E-state index is 12.9. The van der Waals surface area contributed by atoms with Gasteiger partial charge in [-0.2, -0.15) is 0 Å². The number of urea groups is 1. The summed E-state index contributed by atoms with van der Waals surface area (Å²) in [4.78, 5) is 26.0. The third kappa shape index (κ3) is 5.76. The van der Waals surface area contributed by atoms with E-state index in [2.05, 4.69) is 26.8 Å². The first-order valence-electron chi connectivity index (χ1n) is 8.28. The van der Waals surface area contributed by atoms with Crippen LogP contribution in [0.5, 0.6) is 0 Å². The Balaban J connectivity index is 1.74. The van der Waals surface area contributed by atoms with Crippen LogP contribution in [0, 0.1) is 18.2 Å². The number of nitrogens with zero attached hydrogens (tertiary/aromatic N) is 1. The summed E-state index contributed by atoms with van der Waals surface area (Å²) >= 11 is 0. The second-order valence-electron chi connectivity index (χ2n) is 6.01. The van der Waals surface area contributed by atoms with E-state index in [1.807, 2.05) is 6.92 Å². The minimum atomic E-state index is -0.348. The van der Waals surface area contributed by atoms with E-state index in [0.29, 0.717) is 18.8 Å². The number of amides is 3. The number of halogens is 1. The topological polar surface area (TPSA) is 73.5 Å². The highest BCUT2D eigenvalue weighted by Gasteiger charge is 2.27. The first kappa shape index (κ1) is 18.7. The molecule has 0 aliphatic carbocycles. The average molecular weight is 346 g/mol. The summed E-state index contributed by atoms with van der Waals surface area (Å²) in [6.45, 7) is 3.50. The van der Waals surface area contributed by atoms with Crippen LogP contribution in [0.25, 0.3) is 0 Å².